The Morgan fingerprint density at radius 3 is 0.819 bits per heavy atom. The SMILES string of the molecule is CCCCCCCCCCCCC(=O)O[C@H](COC(=O)CCCCCCC)COP(=O)(O)OC[C@H](O)COP(=O)(O)OC[C@@H](COC(=O)CCCCCCCCCCCC(C)C)OC(=O)CCCCCCCCCCCCCCCC(C)C. The topological polar surface area (TPSA) is 237 Å². The van der Waals surface area contributed by atoms with Crippen LogP contribution in [0.15, 0.2) is 0 Å². The number of ether oxygens (including phenoxy) is 4. The van der Waals surface area contributed by atoms with E-state index in [4.69, 9.17) is 37.0 Å². The molecule has 2 unspecified atom stereocenters. The summed E-state index contributed by atoms with van der Waals surface area (Å²) in [5, 5.41) is 10.5. The van der Waals surface area contributed by atoms with Crippen LogP contribution in [0.1, 0.15) is 318 Å². The van der Waals surface area contributed by atoms with Crippen LogP contribution in [0.3, 0.4) is 0 Å². The van der Waals surface area contributed by atoms with Gasteiger partial charge in [-0.1, -0.05) is 266 Å². The van der Waals surface area contributed by atoms with Gasteiger partial charge in [-0.05, 0) is 37.5 Å². The molecule has 0 saturated heterocycles. The second-order valence-electron chi connectivity index (χ2n) is 24.1. The second-order valence-corrected chi connectivity index (χ2v) is 27.0. The molecule has 0 amide bonds. The minimum absolute atomic E-state index is 0.105. The molecule has 0 heterocycles. The summed E-state index contributed by atoms with van der Waals surface area (Å²) in [5.41, 5.74) is 0. The van der Waals surface area contributed by atoms with E-state index in [-0.39, 0.29) is 25.7 Å². The zero-order valence-corrected chi connectivity index (χ0v) is 55.3. The number of aliphatic hydroxyl groups excluding tert-OH is 1. The Balaban J connectivity index is 5.17. The molecule has 0 rings (SSSR count). The van der Waals surface area contributed by atoms with Gasteiger partial charge in [0.2, 0.25) is 0 Å². The third-order valence-corrected chi connectivity index (χ3v) is 16.6. The van der Waals surface area contributed by atoms with Gasteiger partial charge < -0.3 is 33.8 Å². The zero-order chi connectivity index (χ0) is 61.5. The summed E-state index contributed by atoms with van der Waals surface area (Å²) in [6, 6.07) is 0. The molecular weight excluding hydrogens is 1100 g/mol. The van der Waals surface area contributed by atoms with Crippen LogP contribution in [-0.4, -0.2) is 96.7 Å². The van der Waals surface area contributed by atoms with Gasteiger partial charge in [-0.25, -0.2) is 9.13 Å². The fourth-order valence-electron chi connectivity index (χ4n) is 9.53. The van der Waals surface area contributed by atoms with Crippen molar-refractivity contribution in [2.75, 3.05) is 39.6 Å². The van der Waals surface area contributed by atoms with Crippen molar-refractivity contribution in [3.63, 3.8) is 0 Å². The molecule has 0 aromatic rings. The van der Waals surface area contributed by atoms with Crippen molar-refractivity contribution in [1.29, 1.82) is 0 Å². The third-order valence-electron chi connectivity index (χ3n) is 14.7. The van der Waals surface area contributed by atoms with Gasteiger partial charge in [0.05, 0.1) is 26.4 Å². The van der Waals surface area contributed by atoms with Crippen LogP contribution in [0.5, 0.6) is 0 Å². The second kappa shape index (κ2) is 56.6. The maximum atomic E-state index is 13.0. The number of rotatable bonds is 63. The number of carbonyl (C=O) groups excluding carboxylic acids is 4. The van der Waals surface area contributed by atoms with Crippen LogP contribution in [0, 0.1) is 11.8 Å². The van der Waals surface area contributed by atoms with Crippen molar-refractivity contribution in [3.05, 3.63) is 0 Å². The molecule has 492 valence electrons. The van der Waals surface area contributed by atoms with E-state index in [9.17, 15) is 43.2 Å². The lowest BCUT2D eigenvalue weighted by atomic mass is 10.0. The van der Waals surface area contributed by atoms with Crippen LogP contribution in [0.25, 0.3) is 0 Å². The number of esters is 4. The summed E-state index contributed by atoms with van der Waals surface area (Å²) in [5.74, 6) is -0.614. The molecule has 3 N–H and O–H groups in total. The highest BCUT2D eigenvalue weighted by molar-refractivity contribution is 7.47. The van der Waals surface area contributed by atoms with Gasteiger partial charge >= 0.3 is 39.5 Å². The zero-order valence-electron chi connectivity index (χ0n) is 53.5. The lowest BCUT2D eigenvalue weighted by molar-refractivity contribution is -0.161. The fraction of sp³-hybridized carbons (Fsp3) is 0.938. The predicted molar refractivity (Wildman–Crippen MR) is 331 cm³/mol. The molecule has 0 aliphatic rings. The van der Waals surface area contributed by atoms with Crippen molar-refractivity contribution in [1.82, 2.24) is 0 Å². The van der Waals surface area contributed by atoms with Crippen molar-refractivity contribution in [2.24, 2.45) is 11.8 Å². The Morgan fingerprint density at radius 1 is 0.325 bits per heavy atom. The highest BCUT2D eigenvalue weighted by Gasteiger charge is 2.30. The highest BCUT2D eigenvalue weighted by Crippen LogP contribution is 2.45. The molecule has 0 radical (unpaired) electrons. The van der Waals surface area contributed by atoms with Crippen LogP contribution in [0.2, 0.25) is 0 Å². The summed E-state index contributed by atoms with van der Waals surface area (Å²) in [4.78, 5) is 72.0. The van der Waals surface area contributed by atoms with Gasteiger partial charge in [0.1, 0.15) is 19.3 Å². The lowest BCUT2D eigenvalue weighted by Gasteiger charge is -2.21. The Kier molecular flexibility index (Phi) is 55.2. The average molecular weight is 1230 g/mol. The summed E-state index contributed by atoms with van der Waals surface area (Å²) < 4.78 is 67.8. The minimum Gasteiger partial charge on any atom is -0.462 e. The van der Waals surface area contributed by atoms with Gasteiger partial charge in [-0.3, -0.25) is 37.3 Å². The highest BCUT2D eigenvalue weighted by atomic mass is 31.2. The Labute approximate surface area is 505 Å². The van der Waals surface area contributed by atoms with Crippen LogP contribution in [0.4, 0.5) is 0 Å². The summed E-state index contributed by atoms with van der Waals surface area (Å²) >= 11 is 0. The first-order valence-electron chi connectivity index (χ1n) is 33.5. The molecule has 0 aliphatic heterocycles. The van der Waals surface area contributed by atoms with Crippen LogP contribution in [-0.2, 0) is 65.4 Å². The van der Waals surface area contributed by atoms with E-state index < -0.39 is 97.5 Å². The molecule has 0 saturated carbocycles. The van der Waals surface area contributed by atoms with Crippen LogP contribution >= 0.6 is 15.6 Å². The molecule has 0 aromatic carbocycles. The largest absolute Gasteiger partial charge is 0.472 e. The summed E-state index contributed by atoms with van der Waals surface area (Å²) in [6.07, 6.45) is 39.3. The molecule has 83 heavy (non-hydrogen) atoms. The number of carbonyl (C=O) groups is 4. The Morgan fingerprint density at radius 2 is 0.554 bits per heavy atom. The van der Waals surface area contributed by atoms with E-state index in [0.29, 0.717) is 25.7 Å². The van der Waals surface area contributed by atoms with Crippen molar-refractivity contribution < 1.29 is 80.2 Å². The van der Waals surface area contributed by atoms with E-state index in [2.05, 4.69) is 41.5 Å². The first-order chi connectivity index (χ1) is 39.9. The smallest absolute Gasteiger partial charge is 0.462 e. The Hall–Kier alpha value is -1.94. The van der Waals surface area contributed by atoms with E-state index in [1.165, 1.54) is 128 Å². The molecule has 0 aliphatic carbocycles. The third kappa shape index (κ3) is 58.8. The molecule has 0 fully saturated rings. The van der Waals surface area contributed by atoms with Gasteiger partial charge in [0.25, 0.3) is 0 Å². The maximum absolute atomic E-state index is 13.0. The van der Waals surface area contributed by atoms with E-state index in [0.717, 1.165) is 108 Å². The minimum atomic E-state index is -4.94. The van der Waals surface area contributed by atoms with E-state index in [1.807, 2.05) is 0 Å². The standard InChI is InChI=1S/C64H124O17P2/c1-7-9-11-13-14-15-24-30-36-42-48-63(68)80-59(52-74-61(66)46-40-32-12-10-8-2)54-78-82(70,71)76-50-58(65)51-77-83(72,73)79-55-60(53-75-62(67)47-41-35-29-26-21-23-28-34-39-45-57(5)6)81-64(69)49-43-37-31-25-20-18-16-17-19-22-27-33-38-44-56(3)4/h56-60,65H,7-55H2,1-6H3,(H,70,71)(H,72,73)/t58-,59+,60+/m0/s1. The molecule has 17 nitrogen and oxygen atoms in total. The van der Waals surface area contributed by atoms with Gasteiger partial charge in [0.15, 0.2) is 12.2 Å². The number of hydrogen-bond acceptors (Lipinski definition) is 15. The first kappa shape index (κ1) is 81.1. The molecule has 19 heteroatoms. The number of aliphatic hydroxyl groups is 1. The van der Waals surface area contributed by atoms with Gasteiger partial charge in [-0.2, -0.15) is 0 Å². The number of unbranched alkanes of at least 4 members (excludes halogenated alkanes) is 33. The van der Waals surface area contributed by atoms with Gasteiger partial charge in [0, 0.05) is 25.7 Å². The number of hydrogen-bond donors (Lipinski definition) is 3. The molecule has 0 aromatic heterocycles. The van der Waals surface area contributed by atoms with Crippen molar-refractivity contribution in [3.8, 4) is 0 Å². The average Bonchev–Trinajstić information content (AvgIpc) is 3.45. The lowest BCUT2D eigenvalue weighted by Crippen LogP contribution is -2.30. The quantitative estimate of drug-likeness (QED) is 0.0222. The predicted octanol–water partition coefficient (Wildman–Crippen LogP) is 17.7. The Bertz CT molecular complexity index is 1630. The number of phosphoric acid groups is 2. The summed E-state index contributed by atoms with van der Waals surface area (Å²) in [6.45, 7) is 9.40. The van der Waals surface area contributed by atoms with E-state index in [1.54, 1.807) is 0 Å². The molecule has 5 atom stereocenters. The van der Waals surface area contributed by atoms with Crippen molar-refractivity contribution >= 4 is 39.5 Å². The molecular formula is C64H124O17P2. The normalized spacial score (nSPS) is 14.3. The fourth-order valence-corrected chi connectivity index (χ4v) is 11.1. The first-order valence-corrected chi connectivity index (χ1v) is 36.5. The maximum Gasteiger partial charge on any atom is 0.472 e. The number of phosphoric ester groups is 2. The molecule has 0 bridgehead atoms. The van der Waals surface area contributed by atoms with Crippen molar-refractivity contribution in [2.45, 2.75) is 336 Å². The monoisotopic (exact) mass is 1230 g/mol. The van der Waals surface area contributed by atoms with Crippen LogP contribution < -0.4 is 0 Å². The van der Waals surface area contributed by atoms with E-state index >= 15 is 0 Å². The summed E-state index contributed by atoms with van der Waals surface area (Å²) in [7, 11) is -9.88. The molecule has 0 spiro atoms. The van der Waals surface area contributed by atoms with Gasteiger partial charge in [-0.15, -0.1) is 0 Å².